The molecule has 0 aliphatic heterocycles. The normalized spacial score (nSPS) is 12.0. The third-order valence-electron chi connectivity index (χ3n) is 2.43. The summed E-state index contributed by atoms with van der Waals surface area (Å²) in [5.74, 6) is 0. The number of hydrogen-bond acceptors (Lipinski definition) is 1. The Labute approximate surface area is 77.5 Å². The second-order valence-corrected chi connectivity index (χ2v) is 3.54. The van der Waals surface area contributed by atoms with Gasteiger partial charge in [-0.2, -0.15) is 5.43 Å². The monoisotopic (exact) mass is 173 g/mol. The molecule has 0 aromatic carbocycles. The van der Waals surface area contributed by atoms with E-state index in [4.69, 9.17) is 0 Å². The number of nitrogens with zero attached hydrogens (tertiary/aromatic N) is 1. The zero-order chi connectivity index (χ0) is 9.45. The van der Waals surface area contributed by atoms with Crippen molar-refractivity contribution in [1.82, 2.24) is 5.43 Å². The standard InChI is InChI=1S/C10H25N2/c1-5-8-12(11-4,9-6-2)10-7-3/h11H,5-10H2,1-4H3/q+1. The van der Waals surface area contributed by atoms with Crippen LogP contribution in [-0.4, -0.2) is 31.3 Å². The fourth-order valence-corrected chi connectivity index (χ4v) is 1.95. The van der Waals surface area contributed by atoms with Crippen molar-refractivity contribution in [2.75, 3.05) is 26.7 Å². The fourth-order valence-electron chi connectivity index (χ4n) is 1.95. The van der Waals surface area contributed by atoms with Crippen LogP contribution in [0.1, 0.15) is 40.0 Å². The first-order chi connectivity index (χ1) is 5.74. The van der Waals surface area contributed by atoms with Gasteiger partial charge in [0.15, 0.2) is 0 Å². The van der Waals surface area contributed by atoms with Crippen molar-refractivity contribution in [3.63, 3.8) is 0 Å². The van der Waals surface area contributed by atoms with E-state index >= 15 is 0 Å². The van der Waals surface area contributed by atoms with Gasteiger partial charge in [-0.15, -0.1) is 0 Å². The summed E-state index contributed by atoms with van der Waals surface area (Å²) in [6.07, 6.45) is 3.79. The summed E-state index contributed by atoms with van der Waals surface area (Å²) in [6.45, 7) is 10.6. The Hall–Kier alpha value is -0.0800. The first-order valence-electron chi connectivity index (χ1n) is 5.29. The van der Waals surface area contributed by atoms with Gasteiger partial charge < -0.3 is 0 Å². The van der Waals surface area contributed by atoms with Crippen molar-refractivity contribution in [3.05, 3.63) is 0 Å². The second-order valence-electron chi connectivity index (χ2n) is 3.54. The number of hydrogen-bond donors (Lipinski definition) is 1. The highest BCUT2D eigenvalue weighted by molar-refractivity contribution is 4.38. The van der Waals surface area contributed by atoms with E-state index in [1.54, 1.807) is 0 Å². The number of nitrogens with one attached hydrogen (secondary N) is 1. The maximum absolute atomic E-state index is 3.46. The highest BCUT2D eigenvalue weighted by Crippen LogP contribution is 2.06. The predicted molar refractivity (Wildman–Crippen MR) is 54.8 cm³/mol. The Balaban J connectivity index is 4.06. The molecule has 0 saturated carbocycles. The molecule has 0 radical (unpaired) electrons. The maximum Gasteiger partial charge on any atom is 0.0959 e. The molecule has 0 fully saturated rings. The van der Waals surface area contributed by atoms with E-state index < -0.39 is 0 Å². The Kier molecular flexibility index (Phi) is 6.39. The van der Waals surface area contributed by atoms with E-state index in [-0.39, 0.29) is 0 Å². The lowest BCUT2D eigenvalue weighted by Crippen LogP contribution is -2.57. The van der Waals surface area contributed by atoms with Gasteiger partial charge in [0.1, 0.15) is 0 Å². The predicted octanol–water partition coefficient (Wildman–Crippen LogP) is 2.17. The Morgan fingerprint density at radius 2 is 1.17 bits per heavy atom. The van der Waals surface area contributed by atoms with Crippen LogP contribution in [0, 0.1) is 0 Å². The van der Waals surface area contributed by atoms with E-state index in [1.807, 2.05) is 0 Å². The Morgan fingerprint density at radius 1 is 0.833 bits per heavy atom. The van der Waals surface area contributed by atoms with Crippen LogP contribution in [0.5, 0.6) is 0 Å². The quantitative estimate of drug-likeness (QED) is 0.459. The molecule has 2 nitrogen and oxygen atoms in total. The molecule has 0 heterocycles. The molecule has 0 spiro atoms. The van der Waals surface area contributed by atoms with Crippen LogP contribution in [0.3, 0.4) is 0 Å². The summed E-state index contributed by atoms with van der Waals surface area (Å²) >= 11 is 0. The van der Waals surface area contributed by atoms with Gasteiger partial charge in [-0.25, -0.2) is 4.59 Å². The average Bonchev–Trinajstić information content (AvgIpc) is 2.06. The minimum atomic E-state index is 1.10. The Bertz CT molecular complexity index is 85.0. The van der Waals surface area contributed by atoms with Crippen molar-refractivity contribution >= 4 is 0 Å². The van der Waals surface area contributed by atoms with Crippen molar-refractivity contribution in [1.29, 1.82) is 0 Å². The minimum absolute atomic E-state index is 1.10. The van der Waals surface area contributed by atoms with Gasteiger partial charge in [-0.1, -0.05) is 20.8 Å². The molecule has 0 aromatic rings. The molecule has 74 valence electrons. The first kappa shape index (κ1) is 11.9. The molecule has 0 aliphatic rings. The molecule has 1 N–H and O–H groups in total. The van der Waals surface area contributed by atoms with Crippen molar-refractivity contribution in [2.24, 2.45) is 0 Å². The second kappa shape index (κ2) is 6.44. The highest BCUT2D eigenvalue weighted by Gasteiger charge is 2.22. The van der Waals surface area contributed by atoms with Gasteiger partial charge in [0, 0.05) is 7.05 Å². The summed E-state index contributed by atoms with van der Waals surface area (Å²) in [4.78, 5) is 0. The highest BCUT2D eigenvalue weighted by atomic mass is 15.6. The fraction of sp³-hybridized carbons (Fsp3) is 1.00. The van der Waals surface area contributed by atoms with Crippen LogP contribution in [0.15, 0.2) is 0 Å². The summed E-state index contributed by atoms with van der Waals surface area (Å²) in [7, 11) is 2.08. The minimum Gasteiger partial charge on any atom is -0.246 e. The van der Waals surface area contributed by atoms with Crippen LogP contribution in [0.2, 0.25) is 0 Å². The molecule has 0 aromatic heterocycles. The Morgan fingerprint density at radius 3 is 1.33 bits per heavy atom. The lowest BCUT2D eigenvalue weighted by molar-refractivity contribution is -0.967. The van der Waals surface area contributed by atoms with Crippen LogP contribution in [0.4, 0.5) is 0 Å². The van der Waals surface area contributed by atoms with E-state index in [9.17, 15) is 0 Å². The van der Waals surface area contributed by atoms with Gasteiger partial charge in [0.05, 0.1) is 19.6 Å². The molecule has 0 rings (SSSR count). The third-order valence-corrected chi connectivity index (χ3v) is 2.43. The van der Waals surface area contributed by atoms with Crippen LogP contribution < -0.4 is 5.43 Å². The SMILES string of the molecule is CCC[N+](CCC)(CCC)NC. The van der Waals surface area contributed by atoms with E-state index in [1.165, 1.54) is 38.9 Å². The largest absolute Gasteiger partial charge is 0.246 e. The number of rotatable bonds is 7. The summed E-state index contributed by atoms with van der Waals surface area (Å²) in [6, 6.07) is 0. The van der Waals surface area contributed by atoms with Gasteiger partial charge >= 0.3 is 0 Å². The topological polar surface area (TPSA) is 12.0 Å². The van der Waals surface area contributed by atoms with Crippen LogP contribution >= 0.6 is 0 Å². The van der Waals surface area contributed by atoms with Gasteiger partial charge in [-0.3, -0.25) is 0 Å². The molecule has 0 unspecified atom stereocenters. The first-order valence-corrected chi connectivity index (χ1v) is 5.29. The van der Waals surface area contributed by atoms with Crippen molar-refractivity contribution < 1.29 is 4.59 Å². The third kappa shape index (κ3) is 3.55. The lowest BCUT2D eigenvalue weighted by Gasteiger charge is -2.36. The average molecular weight is 173 g/mol. The molecule has 0 bridgehead atoms. The molecule has 0 amide bonds. The molecule has 12 heavy (non-hydrogen) atoms. The molecular formula is C10H25N2+. The summed E-state index contributed by atoms with van der Waals surface area (Å²) in [5.41, 5.74) is 3.46. The van der Waals surface area contributed by atoms with Crippen molar-refractivity contribution in [2.45, 2.75) is 40.0 Å². The molecule has 0 atom stereocenters. The van der Waals surface area contributed by atoms with Crippen molar-refractivity contribution in [3.8, 4) is 0 Å². The molecule has 2 heteroatoms. The zero-order valence-corrected chi connectivity index (χ0v) is 9.19. The molecule has 0 saturated heterocycles. The van der Waals surface area contributed by atoms with Gasteiger partial charge in [-0.05, 0) is 19.3 Å². The smallest absolute Gasteiger partial charge is 0.0959 e. The van der Waals surface area contributed by atoms with Crippen LogP contribution in [-0.2, 0) is 0 Å². The number of quaternary nitrogens is 1. The van der Waals surface area contributed by atoms with Gasteiger partial charge in [0.25, 0.3) is 0 Å². The molecule has 0 aliphatic carbocycles. The van der Waals surface area contributed by atoms with Gasteiger partial charge in [0.2, 0.25) is 0 Å². The van der Waals surface area contributed by atoms with E-state index in [0.29, 0.717) is 0 Å². The summed E-state index contributed by atoms with van der Waals surface area (Å²) in [5, 5.41) is 0. The summed E-state index contributed by atoms with van der Waals surface area (Å²) < 4.78 is 1.10. The molecular weight excluding hydrogens is 148 g/mol. The lowest BCUT2D eigenvalue weighted by atomic mass is 10.3. The zero-order valence-electron chi connectivity index (χ0n) is 9.19. The maximum atomic E-state index is 3.46. The van der Waals surface area contributed by atoms with E-state index in [2.05, 4.69) is 33.2 Å². The van der Waals surface area contributed by atoms with Crippen LogP contribution in [0.25, 0.3) is 0 Å². The van der Waals surface area contributed by atoms with E-state index in [0.717, 1.165) is 4.59 Å².